The Morgan fingerprint density at radius 3 is 2.62 bits per heavy atom. The summed E-state index contributed by atoms with van der Waals surface area (Å²) in [6, 6.07) is 10.4. The average Bonchev–Trinajstić information content (AvgIpc) is 3.42. The lowest BCUT2D eigenvalue weighted by atomic mass is 10.1. The first kappa shape index (κ1) is 27.4. The maximum absolute atomic E-state index is 13.5. The molecule has 40 heavy (non-hydrogen) atoms. The predicted molar refractivity (Wildman–Crippen MR) is 142 cm³/mol. The zero-order valence-corrected chi connectivity index (χ0v) is 21.9. The first-order valence-corrected chi connectivity index (χ1v) is 12.9. The van der Waals surface area contributed by atoms with Gasteiger partial charge in [0.25, 0.3) is 11.1 Å². The van der Waals surface area contributed by atoms with Gasteiger partial charge in [0.1, 0.15) is 6.04 Å². The van der Waals surface area contributed by atoms with Crippen molar-refractivity contribution in [3.8, 4) is 0 Å². The molecule has 1 fully saturated rings. The molecule has 1 atom stereocenters. The number of aromatic nitrogens is 3. The van der Waals surface area contributed by atoms with Gasteiger partial charge in [0.2, 0.25) is 0 Å². The maximum atomic E-state index is 13.5. The van der Waals surface area contributed by atoms with Gasteiger partial charge in [-0.2, -0.15) is 18.3 Å². The van der Waals surface area contributed by atoms with Gasteiger partial charge < -0.3 is 5.11 Å². The summed E-state index contributed by atoms with van der Waals surface area (Å²) in [6.07, 6.45) is 1.26. The molecule has 0 spiro atoms. The highest BCUT2D eigenvalue weighted by Crippen LogP contribution is 2.36. The van der Waals surface area contributed by atoms with Crippen molar-refractivity contribution >= 4 is 57.5 Å². The van der Waals surface area contributed by atoms with Crippen LogP contribution in [-0.4, -0.2) is 47.9 Å². The van der Waals surface area contributed by atoms with Gasteiger partial charge in [-0.1, -0.05) is 29.8 Å². The van der Waals surface area contributed by atoms with Gasteiger partial charge in [-0.25, -0.2) is 4.79 Å². The number of carbonyl (C=O) groups is 3. The number of thioether (sulfide) groups is 1. The standard InChI is InChI=1S/C27H18ClF3N4O4S/c28-19-5-4-17(20(11-19)27(29,30)31)14-34-21-6-3-15(8-18(21)13-33-34)10-23-24(36)35(26(39)40-23)22(25(37)38)9-16-2-1-7-32-12-16/h1-8,10-13,22H,9,14H2,(H,37,38). The summed E-state index contributed by atoms with van der Waals surface area (Å²) < 4.78 is 42.0. The highest BCUT2D eigenvalue weighted by molar-refractivity contribution is 8.18. The molecule has 3 heterocycles. The summed E-state index contributed by atoms with van der Waals surface area (Å²) in [7, 11) is 0. The topological polar surface area (TPSA) is 105 Å². The number of carbonyl (C=O) groups excluding carboxylic acids is 2. The molecule has 0 radical (unpaired) electrons. The van der Waals surface area contributed by atoms with Crippen molar-refractivity contribution in [3.05, 3.63) is 99.3 Å². The molecule has 2 aromatic carbocycles. The number of carboxylic acids is 1. The molecular formula is C27H18ClF3N4O4S. The molecule has 1 aliphatic rings. The van der Waals surface area contributed by atoms with E-state index in [1.54, 1.807) is 30.3 Å². The van der Waals surface area contributed by atoms with E-state index >= 15 is 0 Å². The van der Waals surface area contributed by atoms with Crippen LogP contribution in [0.2, 0.25) is 5.02 Å². The zero-order chi connectivity index (χ0) is 28.6. The number of pyridine rings is 1. The number of fused-ring (bicyclic) bond motifs is 1. The van der Waals surface area contributed by atoms with Gasteiger partial charge in [-0.15, -0.1) is 0 Å². The summed E-state index contributed by atoms with van der Waals surface area (Å²) in [6.45, 7) is -0.152. The monoisotopic (exact) mass is 586 g/mol. The van der Waals surface area contributed by atoms with Gasteiger partial charge in [0.15, 0.2) is 0 Å². The van der Waals surface area contributed by atoms with E-state index < -0.39 is 34.9 Å². The van der Waals surface area contributed by atoms with Crippen molar-refractivity contribution in [2.75, 3.05) is 0 Å². The number of nitrogens with zero attached hydrogens (tertiary/aromatic N) is 4. The molecular weight excluding hydrogens is 569 g/mol. The second-order valence-corrected chi connectivity index (χ2v) is 10.3. The molecule has 1 saturated heterocycles. The van der Waals surface area contributed by atoms with Crippen LogP contribution in [0, 0.1) is 0 Å². The third-order valence-corrected chi connectivity index (χ3v) is 7.35. The van der Waals surface area contributed by atoms with Crippen LogP contribution in [0.25, 0.3) is 17.0 Å². The summed E-state index contributed by atoms with van der Waals surface area (Å²) in [5.41, 5.74) is 0.786. The van der Waals surface area contributed by atoms with Gasteiger partial charge in [0, 0.05) is 29.2 Å². The number of amides is 2. The second-order valence-electron chi connectivity index (χ2n) is 8.89. The molecule has 0 aliphatic carbocycles. The largest absolute Gasteiger partial charge is 0.480 e. The third kappa shape index (κ3) is 5.58. The fourth-order valence-corrected chi connectivity index (χ4v) is 5.41. The number of alkyl halides is 3. The van der Waals surface area contributed by atoms with E-state index in [9.17, 15) is 32.7 Å². The lowest BCUT2D eigenvalue weighted by Crippen LogP contribution is -2.45. The number of aliphatic carboxylic acids is 1. The van der Waals surface area contributed by atoms with Crippen LogP contribution in [-0.2, 0) is 28.7 Å². The Hall–Kier alpha value is -4.16. The Morgan fingerprint density at radius 2 is 1.93 bits per heavy atom. The predicted octanol–water partition coefficient (Wildman–Crippen LogP) is 5.88. The van der Waals surface area contributed by atoms with Crippen LogP contribution in [0.1, 0.15) is 22.3 Å². The van der Waals surface area contributed by atoms with Crippen molar-refractivity contribution in [1.82, 2.24) is 19.7 Å². The van der Waals surface area contributed by atoms with Crippen molar-refractivity contribution in [1.29, 1.82) is 0 Å². The van der Waals surface area contributed by atoms with E-state index in [1.807, 2.05) is 0 Å². The second kappa shape index (κ2) is 10.8. The number of rotatable bonds is 7. The van der Waals surface area contributed by atoms with E-state index in [-0.39, 0.29) is 28.5 Å². The normalized spacial score (nSPS) is 15.8. The van der Waals surface area contributed by atoms with Crippen molar-refractivity contribution in [3.63, 3.8) is 0 Å². The van der Waals surface area contributed by atoms with Gasteiger partial charge >= 0.3 is 12.1 Å². The fourth-order valence-electron chi connectivity index (χ4n) is 4.36. The van der Waals surface area contributed by atoms with E-state index in [4.69, 9.17) is 11.6 Å². The fraction of sp³-hybridized carbons (Fsp3) is 0.148. The number of hydrogen-bond donors (Lipinski definition) is 1. The van der Waals surface area contributed by atoms with Crippen LogP contribution in [0.4, 0.5) is 18.0 Å². The highest BCUT2D eigenvalue weighted by Gasteiger charge is 2.43. The SMILES string of the molecule is O=C(O)C(Cc1cccnc1)N1C(=O)SC(=Cc2ccc3c(cnn3Cc3ccc(Cl)cc3C(F)(F)F)c2)C1=O. The summed E-state index contributed by atoms with van der Waals surface area (Å²) in [5.74, 6) is -2.06. The van der Waals surface area contributed by atoms with E-state index in [0.717, 1.165) is 11.0 Å². The van der Waals surface area contributed by atoms with E-state index in [1.165, 1.54) is 41.5 Å². The first-order chi connectivity index (χ1) is 19.0. The quantitative estimate of drug-likeness (QED) is 0.269. The van der Waals surface area contributed by atoms with E-state index in [2.05, 4.69) is 10.1 Å². The number of hydrogen-bond acceptors (Lipinski definition) is 6. The van der Waals surface area contributed by atoms with Crippen molar-refractivity contribution < 1.29 is 32.7 Å². The Labute approximate surface area is 234 Å². The molecule has 2 amide bonds. The molecule has 13 heteroatoms. The molecule has 2 aromatic heterocycles. The average molecular weight is 587 g/mol. The lowest BCUT2D eigenvalue weighted by Gasteiger charge is -2.21. The Balaban J connectivity index is 1.39. The van der Waals surface area contributed by atoms with Crippen LogP contribution in [0.3, 0.4) is 0 Å². The Bertz CT molecular complexity index is 1670. The molecule has 8 nitrogen and oxygen atoms in total. The molecule has 1 N–H and O–H groups in total. The molecule has 204 valence electrons. The smallest absolute Gasteiger partial charge is 0.416 e. The minimum Gasteiger partial charge on any atom is -0.480 e. The number of benzene rings is 2. The van der Waals surface area contributed by atoms with Crippen LogP contribution < -0.4 is 0 Å². The number of halogens is 4. The molecule has 1 aliphatic heterocycles. The number of imide groups is 1. The lowest BCUT2D eigenvalue weighted by molar-refractivity contribution is -0.145. The first-order valence-electron chi connectivity index (χ1n) is 11.7. The van der Waals surface area contributed by atoms with E-state index in [0.29, 0.717) is 33.8 Å². The maximum Gasteiger partial charge on any atom is 0.416 e. The molecule has 1 unspecified atom stereocenters. The zero-order valence-electron chi connectivity index (χ0n) is 20.3. The van der Waals surface area contributed by atoms with Crippen LogP contribution >= 0.6 is 23.4 Å². The summed E-state index contributed by atoms with van der Waals surface area (Å²) >= 11 is 6.41. The van der Waals surface area contributed by atoms with Crippen molar-refractivity contribution in [2.24, 2.45) is 0 Å². The number of carboxylic acid groups (broad SMARTS) is 1. The summed E-state index contributed by atoms with van der Waals surface area (Å²) in [5, 5.41) is 13.8. The summed E-state index contributed by atoms with van der Waals surface area (Å²) in [4.78, 5) is 42.4. The van der Waals surface area contributed by atoms with Crippen LogP contribution in [0.15, 0.2) is 72.0 Å². The van der Waals surface area contributed by atoms with Crippen molar-refractivity contribution in [2.45, 2.75) is 25.2 Å². The third-order valence-electron chi connectivity index (χ3n) is 6.23. The molecule has 0 saturated carbocycles. The van der Waals surface area contributed by atoms with Crippen LogP contribution in [0.5, 0.6) is 0 Å². The Kier molecular flexibility index (Phi) is 7.39. The Morgan fingerprint density at radius 1 is 1.12 bits per heavy atom. The minimum atomic E-state index is -4.59. The van der Waals surface area contributed by atoms with Gasteiger partial charge in [0.05, 0.1) is 28.7 Å². The van der Waals surface area contributed by atoms with Gasteiger partial charge in [-0.05, 0) is 64.9 Å². The molecule has 4 aromatic rings. The van der Waals surface area contributed by atoms with Gasteiger partial charge in [-0.3, -0.25) is 24.2 Å². The molecule has 0 bridgehead atoms. The molecule has 5 rings (SSSR count). The minimum absolute atomic E-state index is 0.00100. The highest BCUT2D eigenvalue weighted by atomic mass is 35.5.